The maximum Gasteiger partial charge on any atom is 0.511 e. The van der Waals surface area contributed by atoms with Crippen LogP contribution >= 0.6 is 0 Å². The molecule has 0 amide bonds. The number of hydrogen-bond donors (Lipinski definition) is 1. The van der Waals surface area contributed by atoms with Crippen LogP contribution in [0.5, 0.6) is 5.75 Å². The van der Waals surface area contributed by atoms with Gasteiger partial charge in [0.25, 0.3) is 0 Å². The smallest absolute Gasteiger partial charge is 0.449 e. The molecule has 0 bridgehead atoms. The number of fused-ring (bicyclic) bond motifs is 1. The van der Waals surface area contributed by atoms with Crippen molar-refractivity contribution in [2.24, 2.45) is 0 Å². The SMILES string of the molecule is Cc1nc2cc(OC(=O)O)cc(C)c2nc1C. The third-order valence-electron chi connectivity index (χ3n) is 2.55. The van der Waals surface area contributed by atoms with E-state index in [1.165, 1.54) is 0 Å². The average Bonchev–Trinajstić information content (AvgIpc) is 2.20. The number of nitrogens with zero attached hydrogens (tertiary/aromatic N) is 2. The fraction of sp³-hybridized carbons (Fsp3) is 0.250. The zero-order valence-corrected chi connectivity index (χ0v) is 9.81. The third kappa shape index (κ3) is 2.18. The molecule has 0 radical (unpaired) electrons. The van der Waals surface area contributed by atoms with E-state index in [-0.39, 0.29) is 5.75 Å². The van der Waals surface area contributed by atoms with E-state index >= 15 is 0 Å². The van der Waals surface area contributed by atoms with E-state index in [0.717, 1.165) is 22.5 Å². The Kier molecular flexibility index (Phi) is 2.67. The lowest BCUT2D eigenvalue weighted by atomic mass is 10.1. The largest absolute Gasteiger partial charge is 0.511 e. The summed E-state index contributed by atoms with van der Waals surface area (Å²) in [6.45, 7) is 5.60. The molecule has 5 heteroatoms. The Morgan fingerprint density at radius 1 is 1.18 bits per heavy atom. The molecular formula is C12H12N2O3. The summed E-state index contributed by atoms with van der Waals surface area (Å²) in [5.41, 5.74) is 3.95. The van der Waals surface area contributed by atoms with Gasteiger partial charge in [0.05, 0.1) is 22.4 Å². The first kappa shape index (κ1) is 11.3. The van der Waals surface area contributed by atoms with Crippen molar-refractivity contribution in [3.05, 3.63) is 29.1 Å². The number of aromatic nitrogens is 2. The first-order chi connectivity index (χ1) is 7.97. The van der Waals surface area contributed by atoms with Crippen molar-refractivity contribution in [1.29, 1.82) is 0 Å². The van der Waals surface area contributed by atoms with E-state index < -0.39 is 6.16 Å². The predicted octanol–water partition coefficient (Wildman–Crippen LogP) is 2.61. The topological polar surface area (TPSA) is 72.3 Å². The minimum Gasteiger partial charge on any atom is -0.449 e. The van der Waals surface area contributed by atoms with Crippen molar-refractivity contribution in [2.45, 2.75) is 20.8 Å². The van der Waals surface area contributed by atoms with Crippen LogP contribution in [0.3, 0.4) is 0 Å². The summed E-state index contributed by atoms with van der Waals surface area (Å²) in [7, 11) is 0. The van der Waals surface area contributed by atoms with Gasteiger partial charge in [0, 0.05) is 6.07 Å². The number of carbonyl (C=O) groups is 1. The number of benzene rings is 1. The summed E-state index contributed by atoms with van der Waals surface area (Å²) in [6.07, 6.45) is -1.33. The number of rotatable bonds is 1. The Morgan fingerprint density at radius 3 is 2.47 bits per heavy atom. The number of carboxylic acid groups (broad SMARTS) is 1. The molecule has 88 valence electrons. The minimum absolute atomic E-state index is 0.264. The zero-order chi connectivity index (χ0) is 12.6. The lowest BCUT2D eigenvalue weighted by Gasteiger charge is -2.07. The summed E-state index contributed by atoms with van der Waals surface area (Å²) in [6, 6.07) is 3.22. The van der Waals surface area contributed by atoms with Crippen molar-refractivity contribution in [2.75, 3.05) is 0 Å². The second-order valence-corrected chi connectivity index (χ2v) is 3.87. The minimum atomic E-state index is -1.33. The molecule has 2 rings (SSSR count). The van der Waals surface area contributed by atoms with Crippen molar-refractivity contribution < 1.29 is 14.6 Å². The van der Waals surface area contributed by atoms with E-state index in [1.807, 2.05) is 20.8 Å². The first-order valence-electron chi connectivity index (χ1n) is 5.14. The van der Waals surface area contributed by atoms with Crippen molar-refractivity contribution in [3.63, 3.8) is 0 Å². The van der Waals surface area contributed by atoms with Gasteiger partial charge in [0.2, 0.25) is 0 Å². The van der Waals surface area contributed by atoms with Crippen LogP contribution in [0.2, 0.25) is 0 Å². The molecule has 0 aliphatic heterocycles. The molecule has 2 aromatic rings. The fourth-order valence-corrected chi connectivity index (χ4v) is 1.63. The van der Waals surface area contributed by atoms with E-state index in [1.54, 1.807) is 12.1 Å². The Morgan fingerprint density at radius 2 is 1.82 bits per heavy atom. The Labute approximate surface area is 98.1 Å². The molecule has 0 aliphatic carbocycles. The molecule has 1 aromatic heterocycles. The molecule has 0 fully saturated rings. The molecule has 0 aliphatic rings. The number of aryl methyl sites for hydroxylation is 3. The fourth-order valence-electron chi connectivity index (χ4n) is 1.63. The highest BCUT2D eigenvalue weighted by atomic mass is 16.7. The van der Waals surface area contributed by atoms with E-state index in [9.17, 15) is 4.79 Å². The highest BCUT2D eigenvalue weighted by Crippen LogP contribution is 2.23. The Bertz CT molecular complexity index is 608. The van der Waals surface area contributed by atoms with Crippen LogP contribution in [0, 0.1) is 20.8 Å². The lowest BCUT2D eigenvalue weighted by Crippen LogP contribution is -2.04. The maximum absolute atomic E-state index is 10.5. The van der Waals surface area contributed by atoms with Crippen LogP contribution in [-0.4, -0.2) is 21.2 Å². The van der Waals surface area contributed by atoms with Crippen molar-refractivity contribution in [1.82, 2.24) is 9.97 Å². The van der Waals surface area contributed by atoms with Gasteiger partial charge in [-0.15, -0.1) is 0 Å². The highest BCUT2D eigenvalue weighted by Gasteiger charge is 2.09. The average molecular weight is 232 g/mol. The quantitative estimate of drug-likeness (QED) is 0.604. The second-order valence-electron chi connectivity index (χ2n) is 3.87. The summed E-state index contributed by atoms with van der Waals surface area (Å²) >= 11 is 0. The molecule has 1 N–H and O–H groups in total. The maximum atomic E-state index is 10.5. The van der Waals surface area contributed by atoms with Crippen LogP contribution in [0.25, 0.3) is 11.0 Å². The third-order valence-corrected chi connectivity index (χ3v) is 2.55. The molecular weight excluding hydrogens is 220 g/mol. The van der Waals surface area contributed by atoms with Crippen molar-refractivity contribution in [3.8, 4) is 5.75 Å². The van der Waals surface area contributed by atoms with Crippen LogP contribution in [0.4, 0.5) is 4.79 Å². The lowest BCUT2D eigenvalue weighted by molar-refractivity contribution is 0.144. The Hall–Kier alpha value is -2.17. The number of hydrogen-bond acceptors (Lipinski definition) is 4. The summed E-state index contributed by atoms with van der Waals surface area (Å²) < 4.78 is 4.62. The molecule has 0 atom stereocenters. The molecule has 17 heavy (non-hydrogen) atoms. The predicted molar refractivity (Wildman–Crippen MR) is 62.4 cm³/mol. The van der Waals surface area contributed by atoms with Crippen molar-refractivity contribution >= 4 is 17.2 Å². The van der Waals surface area contributed by atoms with Crippen LogP contribution in [0.15, 0.2) is 12.1 Å². The summed E-state index contributed by atoms with van der Waals surface area (Å²) in [5, 5.41) is 8.57. The Balaban J connectivity index is 2.64. The molecule has 0 spiro atoms. The van der Waals surface area contributed by atoms with Gasteiger partial charge in [0.15, 0.2) is 0 Å². The molecule has 0 saturated carbocycles. The van der Waals surface area contributed by atoms with Gasteiger partial charge in [-0.25, -0.2) is 14.8 Å². The normalized spacial score (nSPS) is 10.5. The first-order valence-corrected chi connectivity index (χ1v) is 5.14. The van der Waals surface area contributed by atoms with Gasteiger partial charge in [-0.1, -0.05) is 0 Å². The summed E-state index contributed by atoms with van der Waals surface area (Å²) in [5.74, 6) is 0.264. The van der Waals surface area contributed by atoms with Gasteiger partial charge in [-0.05, 0) is 32.4 Å². The van der Waals surface area contributed by atoms with Crippen LogP contribution < -0.4 is 4.74 Å². The molecule has 0 saturated heterocycles. The van der Waals surface area contributed by atoms with Gasteiger partial charge >= 0.3 is 6.16 Å². The summed E-state index contributed by atoms with van der Waals surface area (Å²) in [4.78, 5) is 19.3. The second kappa shape index (κ2) is 4.01. The van der Waals surface area contributed by atoms with Gasteiger partial charge in [-0.2, -0.15) is 0 Å². The van der Waals surface area contributed by atoms with E-state index in [2.05, 4.69) is 14.7 Å². The highest BCUT2D eigenvalue weighted by molar-refractivity contribution is 5.80. The van der Waals surface area contributed by atoms with Gasteiger partial charge < -0.3 is 9.84 Å². The van der Waals surface area contributed by atoms with Crippen LogP contribution in [0.1, 0.15) is 17.0 Å². The van der Waals surface area contributed by atoms with E-state index in [4.69, 9.17) is 5.11 Å². The van der Waals surface area contributed by atoms with Gasteiger partial charge in [-0.3, -0.25) is 0 Å². The zero-order valence-electron chi connectivity index (χ0n) is 9.81. The molecule has 1 aromatic carbocycles. The van der Waals surface area contributed by atoms with E-state index in [0.29, 0.717) is 5.52 Å². The molecule has 0 unspecified atom stereocenters. The monoisotopic (exact) mass is 232 g/mol. The van der Waals surface area contributed by atoms with Crippen LogP contribution in [-0.2, 0) is 0 Å². The molecule has 5 nitrogen and oxygen atoms in total. The number of ether oxygens (including phenoxy) is 1. The van der Waals surface area contributed by atoms with Gasteiger partial charge in [0.1, 0.15) is 5.75 Å². The molecule has 1 heterocycles. The standard InChI is InChI=1S/C12H12N2O3/c1-6-4-9(17-12(15)16)5-10-11(6)14-8(3)7(2)13-10/h4-5H,1-3H3,(H,15,16).